The Balaban J connectivity index is 0.000000305. The number of halogens is 1. The molecule has 1 aromatic carbocycles. The van der Waals surface area contributed by atoms with Crippen molar-refractivity contribution in [3.63, 3.8) is 0 Å². The number of ether oxygens (including phenoxy) is 2. The summed E-state index contributed by atoms with van der Waals surface area (Å²) < 4.78 is 10.6. The number of oxime groups is 2. The molecule has 1 saturated heterocycles. The number of aliphatic hydroxyl groups is 2. The molecule has 2 N–H and O–H groups in total. The molecule has 2 aliphatic carbocycles. The molecule has 1 aromatic rings. The van der Waals surface area contributed by atoms with Crippen LogP contribution in [0.1, 0.15) is 92.4 Å². The zero-order chi connectivity index (χ0) is 39.8. The minimum Gasteiger partial charge on any atom is -0.511 e. The minimum absolute atomic E-state index is 0.00872. The van der Waals surface area contributed by atoms with Gasteiger partial charge in [-0.25, -0.2) is 0 Å². The molecule has 0 amide bonds. The molecule has 54 heavy (non-hydrogen) atoms. The van der Waals surface area contributed by atoms with Gasteiger partial charge in [0.05, 0.1) is 29.7 Å². The van der Waals surface area contributed by atoms with Gasteiger partial charge in [0, 0.05) is 24.3 Å². The molecule has 4 atom stereocenters. The van der Waals surface area contributed by atoms with Crippen LogP contribution < -0.4 is 4.74 Å². The van der Waals surface area contributed by atoms with Crippen LogP contribution in [-0.4, -0.2) is 77.1 Å². The normalized spacial score (nSPS) is 22.5. The van der Waals surface area contributed by atoms with E-state index in [1.807, 2.05) is 32.5 Å². The van der Waals surface area contributed by atoms with E-state index in [0.717, 1.165) is 18.6 Å². The Morgan fingerprint density at radius 2 is 1.67 bits per heavy atom. The Kier molecular flexibility index (Phi) is 18.1. The van der Waals surface area contributed by atoms with Gasteiger partial charge in [-0.3, -0.25) is 14.4 Å². The lowest BCUT2D eigenvalue weighted by Crippen LogP contribution is -2.41. The Morgan fingerprint density at radius 1 is 1.02 bits per heavy atom. The molecule has 1 aliphatic heterocycles. The van der Waals surface area contributed by atoms with Crippen LogP contribution in [0.3, 0.4) is 0 Å². The molecule has 0 radical (unpaired) electrons. The summed E-state index contributed by atoms with van der Waals surface area (Å²) in [6, 6.07) is 7.14. The number of thioether (sulfide) groups is 1. The number of allylic oxidation sites excluding steroid dienone is 3. The molecule has 4 rings (SSSR count). The summed E-state index contributed by atoms with van der Waals surface area (Å²) in [5.41, 5.74) is 0.608. The van der Waals surface area contributed by atoms with Crippen LogP contribution in [0.5, 0.6) is 5.75 Å². The van der Waals surface area contributed by atoms with Gasteiger partial charge in [0.15, 0.2) is 18.2 Å². The van der Waals surface area contributed by atoms with E-state index in [0.29, 0.717) is 65.8 Å². The zero-order valence-electron chi connectivity index (χ0n) is 32.5. The molecular formula is C41H57ClN2O9S. The summed E-state index contributed by atoms with van der Waals surface area (Å²) in [6.45, 7) is 13.3. The molecule has 1 heterocycles. The van der Waals surface area contributed by atoms with Gasteiger partial charge in [0.2, 0.25) is 0 Å². The summed E-state index contributed by atoms with van der Waals surface area (Å²) in [6.07, 6.45) is 7.39. The average Bonchev–Trinajstić information content (AvgIpc) is 3.12. The van der Waals surface area contributed by atoms with E-state index in [1.165, 1.54) is 25.4 Å². The first-order valence-corrected chi connectivity index (χ1v) is 20.3. The third-order valence-electron chi connectivity index (χ3n) is 9.53. The number of rotatable bonds is 16. The van der Waals surface area contributed by atoms with Crippen LogP contribution in [-0.2, 0) is 28.8 Å². The van der Waals surface area contributed by atoms with E-state index in [-0.39, 0.29) is 60.3 Å². The summed E-state index contributed by atoms with van der Waals surface area (Å²) in [5, 5.41) is 30.2. The van der Waals surface area contributed by atoms with Crippen molar-refractivity contribution in [2.45, 2.75) is 98.5 Å². The van der Waals surface area contributed by atoms with Crippen LogP contribution >= 0.6 is 23.4 Å². The average molecular weight is 789 g/mol. The maximum Gasteiger partial charge on any atom is 0.316 e. The number of carbonyl (C=O) groups is 3. The second-order valence-electron chi connectivity index (χ2n) is 14.5. The highest BCUT2D eigenvalue weighted by atomic mass is 35.5. The SMILES string of the molecule is C=CCO/N=C(\CCC)C1=C(O)C(C(=O)OC)C(C)(C)CC1=O.CCCC(=NOCC(C)Oc1ccc(Cl)cc1)C1=C(O)CC(C2CCCSC2)CC1=O. The third kappa shape index (κ3) is 12.6. The van der Waals surface area contributed by atoms with Crippen molar-refractivity contribution in [2.75, 3.05) is 31.8 Å². The molecule has 1 fully saturated rings. The van der Waals surface area contributed by atoms with Crippen LogP contribution in [0.4, 0.5) is 0 Å². The third-order valence-corrected chi connectivity index (χ3v) is 11.0. The van der Waals surface area contributed by atoms with Crippen molar-refractivity contribution >= 4 is 52.3 Å². The molecule has 0 bridgehead atoms. The second kappa shape index (κ2) is 21.9. The molecule has 0 saturated carbocycles. The highest BCUT2D eigenvalue weighted by molar-refractivity contribution is 7.99. The van der Waals surface area contributed by atoms with E-state index >= 15 is 0 Å². The van der Waals surface area contributed by atoms with Gasteiger partial charge in [0.1, 0.15) is 35.9 Å². The zero-order valence-corrected chi connectivity index (χ0v) is 34.1. The van der Waals surface area contributed by atoms with Gasteiger partial charge in [-0.2, -0.15) is 11.8 Å². The van der Waals surface area contributed by atoms with Gasteiger partial charge < -0.3 is 29.4 Å². The number of nitrogens with zero attached hydrogens (tertiary/aromatic N) is 2. The molecule has 0 spiro atoms. The lowest BCUT2D eigenvalue weighted by atomic mass is 9.67. The molecule has 298 valence electrons. The molecular weight excluding hydrogens is 732 g/mol. The number of ketones is 2. The maximum atomic E-state index is 12.9. The Bertz CT molecular complexity index is 1580. The van der Waals surface area contributed by atoms with Crippen molar-refractivity contribution in [2.24, 2.45) is 33.5 Å². The van der Waals surface area contributed by atoms with Crippen molar-refractivity contribution in [3.05, 3.63) is 64.6 Å². The molecule has 13 heteroatoms. The molecule has 0 aromatic heterocycles. The maximum absolute atomic E-state index is 12.9. The highest BCUT2D eigenvalue weighted by Crippen LogP contribution is 2.43. The van der Waals surface area contributed by atoms with Crippen LogP contribution in [0.15, 0.2) is 69.9 Å². The Morgan fingerprint density at radius 3 is 2.24 bits per heavy atom. The fourth-order valence-corrected chi connectivity index (χ4v) is 8.32. The fraction of sp³-hybridized carbons (Fsp3) is 0.585. The van der Waals surface area contributed by atoms with Crippen LogP contribution in [0, 0.1) is 23.2 Å². The van der Waals surface area contributed by atoms with Crippen molar-refractivity contribution in [1.29, 1.82) is 0 Å². The van der Waals surface area contributed by atoms with E-state index < -0.39 is 17.3 Å². The number of esters is 1. The summed E-state index contributed by atoms with van der Waals surface area (Å²) in [7, 11) is 1.26. The number of aliphatic hydroxyl groups excluding tert-OH is 2. The molecule has 4 unspecified atom stereocenters. The molecule has 3 aliphatic rings. The highest BCUT2D eigenvalue weighted by Gasteiger charge is 2.47. The van der Waals surface area contributed by atoms with Gasteiger partial charge >= 0.3 is 5.97 Å². The van der Waals surface area contributed by atoms with Crippen molar-refractivity contribution < 1.29 is 43.7 Å². The van der Waals surface area contributed by atoms with Crippen LogP contribution in [0.2, 0.25) is 5.02 Å². The van der Waals surface area contributed by atoms with E-state index in [4.69, 9.17) is 30.7 Å². The number of benzene rings is 1. The quantitative estimate of drug-likeness (QED) is 0.0545. The predicted molar refractivity (Wildman–Crippen MR) is 214 cm³/mol. The summed E-state index contributed by atoms with van der Waals surface area (Å²) in [4.78, 5) is 48.1. The number of carbonyl (C=O) groups excluding carboxylic acids is 3. The number of methoxy groups -OCH3 is 1. The molecule has 11 nitrogen and oxygen atoms in total. The van der Waals surface area contributed by atoms with Gasteiger partial charge in [-0.05, 0) is 85.6 Å². The fourth-order valence-electron chi connectivity index (χ4n) is 6.91. The van der Waals surface area contributed by atoms with Crippen LogP contribution in [0.25, 0.3) is 0 Å². The van der Waals surface area contributed by atoms with Gasteiger partial charge in [-0.15, -0.1) is 0 Å². The summed E-state index contributed by atoms with van der Waals surface area (Å²) >= 11 is 7.85. The largest absolute Gasteiger partial charge is 0.511 e. The number of hydrogen-bond acceptors (Lipinski definition) is 12. The lowest BCUT2D eigenvalue weighted by molar-refractivity contribution is -0.150. The first-order valence-electron chi connectivity index (χ1n) is 18.8. The first kappa shape index (κ1) is 44.6. The van der Waals surface area contributed by atoms with Gasteiger partial charge in [-0.1, -0.05) is 75.1 Å². The number of hydrogen-bond donors (Lipinski definition) is 2. The van der Waals surface area contributed by atoms with E-state index in [2.05, 4.69) is 16.9 Å². The monoisotopic (exact) mass is 788 g/mol. The minimum atomic E-state index is -0.901. The van der Waals surface area contributed by atoms with Gasteiger partial charge in [0.25, 0.3) is 0 Å². The summed E-state index contributed by atoms with van der Waals surface area (Å²) in [5.74, 6) is 1.91. The van der Waals surface area contributed by atoms with Crippen molar-refractivity contribution in [3.8, 4) is 5.75 Å². The smallest absolute Gasteiger partial charge is 0.316 e. The Hall–Kier alpha value is -3.77. The van der Waals surface area contributed by atoms with E-state index in [9.17, 15) is 24.6 Å². The standard InChI is InChI=1S/C24H32ClNO4S.C17H25NO5/c1-3-5-21(26-29-14-16(2)30-20-9-7-19(25)8-10-20)24-22(27)12-18(13-23(24)28)17-6-4-11-31-15-17;1-6-8-11(18-23-9-7-2)13-12(19)10-17(3,4)14(15(13)20)16(21)22-5/h7-10,16-18,27H,3-6,11-15H2,1-2H3;7,14,20H,2,6,8-10H2,1,3-5H3/b;18-11+. The predicted octanol–water partition coefficient (Wildman–Crippen LogP) is 9.16. The Labute approximate surface area is 329 Å². The van der Waals surface area contributed by atoms with E-state index in [1.54, 1.807) is 38.1 Å². The lowest BCUT2D eigenvalue weighted by Gasteiger charge is -2.36. The number of Topliss-reactive ketones (excluding diaryl/α,β-unsaturated/α-hetero) is 2. The first-order chi connectivity index (χ1) is 25.8. The topological polar surface area (TPSA) is 153 Å². The second-order valence-corrected chi connectivity index (χ2v) is 16.1. The van der Waals surface area contributed by atoms with Crippen molar-refractivity contribution in [1.82, 2.24) is 0 Å².